The Labute approximate surface area is 484 Å². The van der Waals surface area contributed by atoms with Crippen molar-refractivity contribution in [1.29, 1.82) is 0 Å². The number of rotatable bonds is 0. The van der Waals surface area contributed by atoms with Gasteiger partial charge in [-0.25, -0.2) is 39.3 Å². The average Bonchev–Trinajstić information content (AvgIpc) is 4.41. The second-order valence-corrected chi connectivity index (χ2v) is 14.7. The first-order valence-corrected chi connectivity index (χ1v) is 25.9. The maximum atomic E-state index is 4.58. The van der Waals surface area contributed by atoms with Gasteiger partial charge in [0.1, 0.15) is 31.5 Å². The largest absolute Gasteiger partial charge is 0.473 e. The number of thiazole rings is 1. The third kappa shape index (κ3) is 65.5. The highest BCUT2D eigenvalue weighted by atomic mass is 32.1. The lowest BCUT2D eigenvalue weighted by Gasteiger charge is -1.70. The fourth-order valence-electron chi connectivity index (χ4n) is 3.57. The van der Waals surface area contributed by atoms with E-state index >= 15 is 0 Å². The minimum absolute atomic E-state index is 0. The molecule has 0 bridgehead atoms. The van der Waals surface area contributed by atoms with E-state index in [9.17, 15) is 0 Å². The highest BCUT2D eigenvalue weighted by Crippen LogP contribution is 1.91. The molecule has 2 aliphatic rings. The second-order valence-electron chi connectivity index (χ2n) is 12.5. The molecule has 0 amide bonds. The summed E-state index contributed by atoms with van der Waals surface area (Å²) in [4.78, 5) is 57.5. The zero-order chi connectivity index (χ0) is 56.6. The predicted molar refractivity (Wildman–Crippen MR) is 325 cm³/mol. The molecule has 21 nitrogen and oxygen atoms in total. The van der Waals surface area contributed by atoms with Crippen LogP contribution >= 0.6 is 34.2 Å². The molecule has 24 heteroatoms. The number of H-pyrrole nitrogens is 2. The Hall–Kier alpha value is -10.6. The molecule has 0 unspecified atom stereocenters. The quantitative estimate of drug-likeness (QED) is 0.143. The van der Waals surface area contributed by atoms with Crippen LogP contribution in [0.25, 0.3) is 0 Å². The standard InChI is InChI=1S/2C5H5N.3C4H4N2.2C4H5N.C4H4O.C4H4S.2C3H4N2.2C3H3NO.2C3H3NS.CH4/c2*1-2-4-6-5-3-1;1-2-6-4-3-5-1;2*1-2-5-4-6-3-1;4*1-2-4-5-3-1;3*1-2-5-3-4-1;1-2-4-5-3-1;1-2-5-3-4-1;1-2-4-5-3-1;/h2*1-5H;3*1-4H;1-3H,4H2;1-5H;2*1-4H;1,3H,2H2;1-3H,(H,4,5);4*1-3H;1H4. The molecule has 0 aromatic carbocycles. The number of pyridine rings is 2. The van der Waals surface area contributed by atoms with Gasteiger partial charge in [-0.1, -0.05) is 42.9 Å². The van der Waals surface area contributed by atoms with E-state index in [0.717, 1.165) is 13.1 Å². The number of furan rings is 1. The summed E-state index contributed by atoms with van der Waals surface area (Å²) in [5.41, 5.74) is 1.79. The lowest BCUT2D eigenvalue weighted by Crippen LogP contribution is -1.66. The first kappa shape index (κ1) is 70.4. The van der Waals surface area contributed by atoms with Gasteiger partial charge < -0.3 is 23.3 Å². The van der Waals surface area contributed by atoms with E-state index in [1.54, 1.807) is 196 Å². The van der Waals surface area contributed by atoms with Gasteiger partial charge in [0.2, 0.25) is 0 Å². The highest BCUT2D eigenvalue weighted by molar-refractivity contribution is 7.07. The van der Waals surface area contributed by atoms with Crippen LogP contribution in [0.15, 0.2) is 339 Å². The fraction of sp³-hybridized carbons (Fsp3) is 0.0526. The SMILES string of the molecule is C.C1=CCN=C1.C1=NC=NC1.c1c[nH]cn1.c1cc[nH]c1.c1ccncc1.c1ccncc1.c1ccoc1.c1ccsc1.c1cnccn1.c1cncnc1.c1cncnc1.c1cnoc1.c1cnsc1.c1cocn1.c1cscn1. The van der Waals surface area contributed by atoms with Gasteiger partial charge in [0, 0.05) is 135 Å². The lowest BCUT2D eigenvalue weighted by molar-refractivity contribution is 0.420. The smallest absolute Gasteiger partial charge is 0.180 e. The maximum Gasteiger partial charge on any atom is 0.180 e. The summed E-state index contributed by atoms with van der Waals surface area (Å²) in [7, 11) is 0. The topological polar surface area (TPSA) is 276 Å². The van der Waals surface area contributed by atoms with Gasteiger partial charge in [0.25, 0.3) is 0 Å². The molecule has 2 N–H and O–H groups in total. The number of hydrogen-bond donors (Lipinski definition) is 2. The van der Waals surface area contributed by atoms with Gasteiger partial charge >= 0.3 is 0 Å². The molecule has 0 radical (unpaired) electrons. The molecular formula is C57H64N18O3S3. The number of aromatic amines is 2. The van der Waals surface area contributed by atoms with Crippen LogP contribution in [0.4, 0.5) is 0 Å². The second kappa shape index (κ2) is 67.5. The molecule has 418 valence electrons. The molecule has 13 aromatic rings. The zero-order valence-electron chi connectivity index (χ0n) is 43.2. The maximum absolute atomic E-state index is 4.58. The Morgan fingerprint density at radius 3 is 1.20 bits per heavy atom. The number of hydrogen-bond acceptors (Lipinski definition) is 22. The minimum Gasteiger partial charge on any atom is -0.473 e. The molecule has 15 rings (SSSR count). The molecular weight excluding hydrogens is 1080 g/mol. The first-order chi connectivity index (χ1) is 40.0. The Bertz CT molecular complexity index is 2110. The van der Waals surface area contributed by atoms with E-state index in [0.29, 0.717) is 0 Å². The molecule has 0 spiro atoms. The van der Waals surface area contributed by atoms with Crippen molar-refractivity contribution in [2.45, 2.75) is 7.43 Å². The molecule has 13 aromatic heterocycles. The van der Waals surface area contributed by atoms with Crippen LogP contribution in [0.1, 0.15) is 7.43 Å². The van der Waals surface area contributed by atoms with Crippen molar-refractivity contribution in [3.05, 3.63) is 311 Å². The number of allylic oxidation sites excluding steroid dienone is 1. The Morgan fingerprint density at radius 2 is 1.04 bits per heavy atom. The van der Waals surface area contributed by atoms with Gasteiger partial charge in [-0.15, -0.1) is 11.3 Å². The van der Waals surface area contributed by atoms with Crippen molar-refractivity contribution in [1.82, 2.24) is 74.3 Å². The molecule has 0 atom stereocenters. The number of nitrogens with zero attached hydrogens (tertiary/aromatic N) is 16. The summed E-state index contributed by atoms with van der Waals surface area (Å²) in [6.45, 7) is 1.67. The summed E-state index contributed by atoms with van der Waals surface area (Å²) in [6, 6.07) is 30.2. The van der Waals surface area contributed by atoms with Gasteiger partial charge in [-0.2, -0.15) is 11.3 Å². The average molecular weight is 1150 g/mol. The Balaban J connectivity index is 0.000000846. The van der Waals surface area contributed by atoms with Gasteiger partial charge in [0.05, 0.1) is 49.8 Å². The summed E-state index contributed by atoms with van der Waals surface area (Å²) < 4.78 is 17.2. The van der Waals surface area contributed by atoms with Crippen molar-refractivity contribution < 1.29 is 13.4 Å². The molecule has 15 heterocycles. The van der Waals surface area contributed by atoms with Crippen molar-refractivity contribution in [2.75, 3.05) is 13.1 Å². The predicted octanol–water partition coefficient (Wildman–Crippen LogP) is 13.0. The molecule has 0 fully saturated rings. The number of aliphatic imine (C=N–C) groups is 3. The van der Waals surface area contributed by atoms with Crippen molar-refractivity contribution in [3.8, 4) is 0 Å². The summed E-state index contributed by atoms with van der Waals surface area (Å²) >= 11 is 4.78. The normalized spacial score (nSPS) is 9.09. The summed E-state index contributed by atoms with van der Waals surface area (Å²) in [6.07, 6.45) is 55.6. The number of aromatic nitrogens is 15. The van der Waals surface area contributed by atoms with E-state index in [-0.39, 0.29) is 7.43 Å². The van der Waals surface area contributed by atoms with Crippen LogP contribution in [-0.2, 0) is 0 Å². The lowest BCUT2D eigenvalue weighted by atomic mass is 10.5. The van der Waals surface area contributed by atoms with E-state index in [4.69, 9.17) is 0 Å². The van der Waals surface area contributed by atoms with Crippen LogP contribution in [-0.4, -0.2) is 106 Å². The van der Waals surface area contributed by atoms with E-state index in [1.165, 1.54) is 43.1 Å². The number of oxazole rings is 1. The number of nitrogens with one attached hydrogen (secondary N) is 2. The van der Waals surface area contributed by atoms with Crippen molar-refractivity contribution >= 4 is 53.0 Å². The fourth-order valence-corrected chi connectivity index (χ4v) is 4.73. The van der Waals surface area contributed by atoms with Gasteiger partial charge in [-0.05, 0) is 101 Å². The monoisotopic (exact) mass is 1140 g/mol. The number of thiophene rings is 1. The van der Waals surface area contributed by atoms with Crippen LogP contribution < -0.4 is 0 Å². The van der Waals surface area contributed by atoms with Crippen LogP contribution in [0, 0.1) is 0 Å². The van der Waals surface area contributed by atoms with E-state index in [1.807, 2.05) is 125 Å². The third-order valence-corrected chi connectivity index (χ3v) is 8.36. The van der Waals surface area contributed by atoms with Crippen molar-refractivity contribution in [2.24, 2.45) is 15.0 Å². The molecule has 0 aliphatic carbocycles. The van der Waals surface area contributed by atoms with Crippen molar-refractivity contribution in [3.63, 3.8) is 0 Å². The molecule has 81 heavy (non-hydrogen) atoms. The first-order valence-electron chi connectivity index (χ1n) is 23.2. The summed E-state index contributed by atoms with van der Waals surface area (Å²) in [5, 5.41) is 11.3. The van der Waals surface area contributed by atoms with Crippen LogP contribution in [0.3, 0.4) is 0 Å². The molecule has 0 saturated carbocycles. The number of imidazole rings is 1. The molecule has 2 aliphatic heterocycles. The zero-order valence-corrected chi connectivity index (χ0v) is 45.6. The Morgan fingerprint density at radius 1 is 0.395 bits per heavy atom. The van der Waals surface area contributed by atoms with Crippen LogP contribution in [0.2, 0.25) is 0 Å². The van der Waals surface area contributed by atoms with E-state index in [2.05, 4.69) is 103 Å². The van der Waals surface area contributed by atoms with Crippen LogP contribution in [0.5, 0.6) is 0 Å². The minimum atomic E-state index is 0. The Kier molecular flexibility index (Phi) is 58.7. The third-order valence-electron chi connectivity index (χ3n) is 6.69. The molecule has 0 saturated heterocycles. The van der Waals surface area contributed by atoms with Gasteiger partial charge in [0.15, 0.2) is 6.39 Å². The van der Waals surface area contributed by atoms with Gasteiger partial charge in [-0.3, -0.25) is 34.9 Å². The highest BCUT2D eigenvalue weighted by Gasteiger charge is 1.74. The summed E-state index contributed by atoms with van der Waals surface area (Å²) in [5.74, 6) is 0. The van der Waals surface area contributed by atoms with E-state index < -0.39 is 0 Å².